The lowest BCUT2D eigenvalue weighted by Gasteiger charge is -2.22. The quantitative estimate of drug-likeness (QED) is 0.391. The molecular formula is C24H19ClN4O4. The Labute approximate surface area is 194 Å². The van der Waals surface area contributed by atoms with Gasteiger partial charge in [0, 0.05) is 29.8 Å². The van der Waals surface area contributed by atoms with Gasteiger partial charge in [0.1, 0.15) is 5.65 Å². The van der Waals surface area contributed by atoms with Crippen LogP contribution < -0.4 is 10.2 Å². The number of halogens is 1. The molecule has 0 bridgehead atoms. The zero-order chi connectivity index (χ0) is 23.5. The Morgan fingerprint density at radius 1 is 1.09 bits per heavy atom. The van der Waals surface area contributed by atoms with E-state index in [0.29, 0.717) is 27.7 Å². The molecule has 4 aromatic rings. The number of hydrogen-bond donors (Lipinski definition) is 2. The number of methoxy groups -OCH3 is 1. The highest BCUT2D eigenvalue weighted by Crippen LogP contribution is 2.36. The largest absolute Gasteiger partial charge is 0.452 e. The first-order chi connectivity index (χ1) is 15.9. The number of H-pyrrole nitrogens is 1. The third-order valence-electron chi connectivity index (χ3n) is 4.98. The van der Waals surface area contributed by atoms with E-state index in [1.807, 2.05) is 6.07 Å². The lowest BCUT2D eigenvalue weighted by atomic mass is 10.0. The molecule has 2 N–H and O–H groups in total. The van der Waals surface area contributed by atoms with E-state index in [9.17, 15) is 14.4 Å². The fourth-order valence-corrected chi connectivity index (χ4v) is 3.62. The second-order valence-corrected chi connectivity index (χ2v) is 7.55. The van der Waals surface area contributed by atoms with Crippen LogP contribution in [0.5, 0.6) is 0 Å². The number of aromatic amines is 1. The van der Waals surface area contributed by atoms with Crippen LogP contribution in [0, 0.1) is 0 Å². The minimum atomic E-state index is -0.691. The molecular weight excluding hydrogens is 444 g/mol. The Bertz CT molecular complexity index is 1380. The molecule has 0 saturated heterocycles. The Hall–Kier alpha value is -4.17. The minimum absolute atomic E-state index is 0.381. The van der Waals surface area contributed by atoms with Crippen LogP contribution >= 0.6 is 11.6 Å². The lowest BCUT2D eigenvalue weighted by molar-refractivity contribution is -0.133. The van der Waals surface area contributed by atoms with Crippen LogP contribution in [0.1, 0.15) is 6.92 Å². The van der Waals surface area contributed by atoms with E-state index in [2.05, 4.69) is 15.3 Å². The second kappa shape index (κ2) is 9.13. The Kier molecular flexibility index (Phi) is 6.10. The first kappa shape index (κ1) is 22.0. The van der Waals surface area contributed by atoms with Crippen LogP contribution in [-0.4, -0.2) is 34.9 Å². The molecule has 0 aliphatic rings. The number of ketones is 1. The maximum atomic E-state index is 12.6. The molecule has 0 aliphatic heterocycles. The van der Waals surface area contributed by atoms with Crippen molar-refractivity contribution in [2.45, 2.75) is 6.92 Å². The van der Waals surface area contributed by atoms with Crippen molar-refractivity contribution in [2.75, 3.05) is 17.3 Å². The summed E-state index contributed by atoms with van der Waals surface area (Å²) >= 11 is 6.34. The number of anilines is 3. The molecule has 0 radical (unpaired) electrons. The first-order valence-corrected chi connectivity index (χ1v) is 10.3. The van der Waals surface area contributed by atoms with E-state index < -0.39 is 17.8 Å². The molecule has 0 saturated carbocycles. The molecule has 8 nitrogen and oxygen atoms in total. The van der Waals surface area contributed by atoms with Gasteiger partial charge < -0.3 is 15.0 Å². The molecule has 0 spiro atoms. The summed E-state index contributed by atoms with van der Waals surface area (Å²) < 4.78 is 4.98. The predicted molar refractivity (Wildman–Crippen MR) is 127 cm³/mol. The average molecular weight is 463 g/mol. The number of carbonyl (C=O) groups excluding carboxylic acids is 3. The van der Waals surface area contributed by atoms with Crippen molar-refractivity contribution in [3.8, 4) is 11.1 Å². The molecule has 0 aliphatic carbocycles. The highest BCUT2D eigenvalue weighted by molar-refractivity contribution is 6.39. The van der Waals surface area contributed by atoms with Crippen molar-refractivity contribution in [3.05, 3.63) is 72.0 Å². The summed E-state index contributed by atoms with van der Waals surface area (Å²) in [7, 11) is 1.29. The maximum absolute atomic E-state index is 12.6. The van der Waals surface area contributed by atoms with Gasteiger partial charge in [0.05, 0.1) is 29.7 Å². The summed E-state index contributed by atoms with van der Waals surface area (Å²) in [4.78, 5) is 44.6. The van der Waals surface area contributed by atoms with Crippen molar-refractivity contribution in [1.29, 1.82) is 0 Å². The van der Waals surface area contributed by atoms with Crippen LogP contribution in [0.15, 0.2) is 67.0 Å². The monoisotopic (exact) mass is 462 g/mol. The van der Waals surface area contributed by atoms with Crippen LogP contribution in [0.25, 0.3) is 22.2 Å². The molecule has 0 unspecified atom stereocenters. The van der Waals surface area contributed by atoms with E-state index >= 15 is 0 Å². The van der Waals surface area contributed by atoms with Gasteiger partial charge in [-0.1, -0.05) is 35.9 Å². The van der Waals surface area contributed by atoms with Gasteiger partial charge in [-0.2, -0.15) is 0 Å². The van der Waals surface area contributed by atoms with Crippen molar-refractivity contribution in [1.82, 2.24) is 9.97 Å². The SMILES string of the molecule is COC(=O)N(c1cnc2[nH]cc(-c3cccc(NC(=O)C(C)=O)c3)c2c1)c1ccccc1Cl. The average Bonchev–Trinajstić information content (AvgIpc) is 3.24. The van der Waals surface area contributed by atoms with Crippen LogP contribution in [0.4, 0.5) is 21.9 Å². The molecule has 0 fully saturated rings. The summed E-state index contributed by atoms with van der Waals surface area (Å²) in [6.07, 6.45) is 2.72. The van der Waals surface area contributed by atoms with Gasteiger partial charge in [0.15, 0.2) is 0 Å². The fraction of sp³-hybridized carbons (Fsp3) is 0.0833. The lowest BCUT2D eigenvalue weighted by Crippen LogP contribution is -2.26. The van der Waals surface area contributed by atoms with E-state index in [-0.39, 0.29) is 0 Å². The van der Waals surface area contributed by atoms with Gasteiger partial charge in [0.25, 0.3) is 5.91 Å². The normalized spacial score (nSPS) is 10.6. The number of nitrogens with one attached hydrogen (secondary N) is 2. The van der Waals surface area contributed by atoms with Crippen molar-refractivity contribution in [3.63, 3.8) is 0 Å². The Morgan fingerprint density at radius 3 is 2.61 bits per heavy atom. The van der Waals surface area contributed by atoms with Crippen LogP contribution in [0.3, 0.4) is 0 Å². The van der Waals surface area contributed by atoms with Crippen molar-refractivity contribution >= 4 is 57.5 Å². The molecule has 9 heteroatoms. The number of para-hydroxylation sites is 1. The van der Waals surface area contributed by atoms with Crippen molar-refractivity contribution in [2.24, 2.45) is 0 Å². The van der Waals surface area contributed by atoms with Gasteiger partial charge >= 0.3 is 6.09 Å². The van der Waals surface area contributed by atoms with Crippen LogP contribution in [0.2, 0.25) is 5.02 Å². The molecule has 2 heterocycles. The zero-order valence-electron chi connectivity index (χ0n) is 17.8. The summed E-state index contributed by atoms with van der Waals surface area (Å²) in [5.41, 5.74) is 3.59. The number of pyridine rings is 1. The number of amides is 2. The van der Waals surface area contributed by atoms with Gasteiger partial charge in [-0.25, -0.2) is 14.7 Å². The Balaban J connectivity index is 1.80. The minimum Gasteiger partial charge on any atom is -0.452 e. The zero-order valence-corrected chi connectivity index (χ0v) is 18.5. The summed E-state index contributed by atoms with van der Waals surface area (Å²) in [5.74, 6) is -1.27. The van der Waals surface area contributed by atoms with Gasteiger partial charge in [0.2, 0.25) is 5.78 Å². The van der Waals surface area contributed by atoms with E-state index in [1.54, 1.807) is 60.9 Å². The third-order valence-corrected chi connectivity index (χ3v) is 5.30. The van der Waals surface area contributed by atoms with Crippen molar-refractivity contribution < 1.29 is 19.1 Å². The predicted octanol–water partition coefficient (Wildman–Crippen LogP) is 5.32. The topological polar surface area (TPSA) is 104 Å². The number of carbonyl (C=O) groups is 3. The van der Waals surface area contributed by atoms with Gasteiger partial charge in [-0.05, 0) is 35.9 Å². The summed E-state index contributed by atoms with van der Waals surface area (Å²) in [6, 6.07) is 15.8. The molecule has 33 heavy (non-hydrogen) atoms. The van der Waals surface area contributed by atoms with Gasteiger partial charge in [-0.3, -0.25) is 9.59 Å². The fourth-order valence-electron chi connectivity index (χ4n) is 3.40. The smallest absolute Gasteiger partial charge is 0.418 e. The molecule has 2 aromatic heterocycles. The number of aromatic nitrogens is 2. The number of fused-ring (bicyclic) bond motifs is 1. The first-order valence-electron chi connectivity index (χ1n) is 9.91. The van der Waals surface area contributed by atoms with E-state index in [4.69, 9.17) is 16.3 Å². The number of benzene rings is 2. The maximum Gasteiger partial charge on any atom is 0.418 e. The molecule has 4 rings (SSSR count). The Morgan fingerprint density at radius 2 is 1.88 bits per heavy atom. The molecule has 2 aromatic carbocycles. The molecule has 166 valence electrons. The second-order valence-electron chi connectivity index (χ2n) is 7.14. The highest BCUT2D eigenvalue weighted by Gasteiger charge is 2.22. The number of nitrogens with zero attached hydrogens (tertiary/aromatic N) is 2. The highest BCUT2D eigenvalue weighted by atomic mass is 35.5. The number of rotatable bonds is 5. The third kappa shape index (κ3) is 4.42. The molecule has 2 amide bonds. The number of hydrogen-bond acceptors (Lipinski definition) is 5. The van der Waals surface area contributed by atoms with E-state index in [1.165, 1.54) is 18.9 Å². The standard InChI is InChI=1S/C24H19ClN4O4/c1-14(30)23(31)28-16-7-5-6-15(10-16)19-13-27-22-18(19)11-17(12-26-22)29(24(32)33-2)21-9-4-3-8-20(21)25/h3-13H,1-2H3,(H,26,27)(H,28,31). The van der Waals surface area contributed by atoms with E-state index in [0.717, 1.165) is 16.5 Å². The summed E-state index contributed by atoms with van der Waals surface area (Å²) in [5, 5.41) is 3.69. The number of Topliss-reactive ketones (excluding diaryl/α,β-unsaturated/α-hetero) is 1. The molecule has 0 atom stereocenters. The van der Waals surface area contributed by atoms with Gasteiger partial charge in [-0.15, -0.1) is 0 Å². The van der Waals surface area contributed by atoms with Crippen LogP contribution in [-0.2, 0) is 14.3 Å². The number of ether oxygens (including phenoxy) is 1. The summed E-state index contributed by atoms with van der Waals surface area (Å²) in [6.45, 7) is 1.21.